The average Bonchev–Trinajstić information content (AvgIpc) is 2.52. The number of carbonyl (C=O) groups is 2. The quantitative estimate of drug-likeness (QED) is 0.875. The number of hydrogen-bond acceptors (Lipinski definition) is 3. The van der Waals surface area contributed by atoms with Crippen LogP contribution in [-0.4, -0.2) is 16.9 Å². The first-order chi connectivity index (χ1) is 10.6. The largest absolute Gasteiger partial charge is 0.481 e. The lowest BCUT2D eigenvalue weighted by Gasteiger charge is -2.28. The lowest BCUT2D eigenvalue weighted by Crippen LogP contribution is -2.30. The summed E-state index contributed by atoms with van der Waals surface area (Å²) in [5.41, 5.74) is 1.46. The van der Waals surface area contributed by atoms with Crippen molar-refractivity contribution in [3.63, 3.8) is 0 Å². The van der Waals surface area contributed by atoms with Crippen LogP contribution in [0.4, 0.5) is 0 Å². The van der Waals surface area contributed by atoms with Gasteiger partial charge in [-0.1, -0.05) is 43.3 Å². The van der Waals surface area contributed by atoms with E-state index in [1.807, 2.05) is 36.4 Å². The molecule has 0 bridgehead atoms. The van der Waals surface area contributed by atoms with E-state index in [1.165, 1.54) is 0 Å². The van der Waals surface area contributed by atoms with Crippen LogP contribution in [0.2, 0.25) is 0 Å². The molecule has 4 nitrogen and oxygen atoms in total. The summed E-state index contributed by atoms with van der Waals surface area (Å²) < 4.78 is 5.83. The maximum absolute atomic E-state index is 12.9. The summed E-state index contributed by atoms with van der Waals surface area (Å²) in [7, 11) is 0. The highest BCUT2D eigenvalue weighted by Gasteiger charge is 2.37. The predicted molar refractivity (Wildman–Crippen MR) is 81.2 cm³/mol. The number of ketones is 1. The van der Waals surface area contributed by atoms with Crippen LogP contribution in [0.5, 0.6) is 11.5 Å². The van der Waals surface area contributed by atoms with E-state index < -0.39 is 17.8 Å². The number of benzene rings is 2. The zero-order chi connectivity index (χ0) is 15.7. The Kier molecular flexibility index (Phi) is 3.67. The summed E-state index contributed by atoms with van der Waals surface area (Å²) in [4.78, 5) is 24.2. The number of aliphatic carboxylic acids is 1. The SMILES string of the molecule is CCC(C(=O)O)C(=O)C1c2ccccc2Oc2ccccc21. The Morgan fingerprint density at radius 1 is 1.05 bits per heavy atom. The van der Waals surface area contributed by atoms with E-state index in [2.05, 4.69) is 0 Å². The van der Waals surface area contributed by atoms with Crippen LogP contribution in [0.25, 0.3) is 0 Å². The van der Waals surface area contributed by atoms with Gasteiger partial charge in [0, 0.05) is 11.1 Å². The maximum atomic E-state index is 12.9. The minimum atomic E-state index is -1.08. The topological polar surface area (TPSA) is 63.6 Å². The molecule has 2 aromatic rings. The van der Waals surface area contributed by atoms with Crippen LogP contribution in [-0.2, 0) is 9.59 Å². The van der Waals surface area contributed by atoms with E-state index in [9.17, 15) is 14.7 Å². The van der Waals surface area contributed by atoms with Gasteiger partial charge in [-0.15, -0.1) is 0 Å². The molecule has 1 unspecified atom stereocenters. The predicted octanol–water partition coefficient (Wildman–Crippen LogP) is 3.60. The van der Waals surface area contributed by atoms with Gasteiger partial charge in [-0.25, -0.2) is 0 Å². The van der Waals surface area contributed by atoms with Gasteiger partial charge >= 0.3 is 5.97 Å². The summed E-state index contributed by atoms with van der Waals surface area (Å²) in [5, 5.41) is 9.32. The molecule has 2 aromatic carbocycles. The van der Waals surface area contributed by atoms with Gasteiger partial charge < -0.3 is 9.84 Å². The monoisotopic (exact) mass is 296 g/mol. The first-order valence-electron chi connectivity index (χ1n) is 7.25. The van der Waals surface area contributed by atoms with Crippen molar-refractivity contribution >= 4 is 11.8 Å². The van der Waals surface area contributed by atoms with Crippen LogP contribution in [0, 0.1) is 5.92 Å². The molecule has 1 atom stereocenters. The third-order valence-corrected chi connectivity index (χ3v) is 4.01. The summed E-state index contributed by atoms with van der Waals surface area (Å²) in [6.45, 7) is 1.72. The molecule has 112 valence electrons. The first kappa shape index (κ1) is 14.3. The molecule has 1 heterocycles. The molecule has 0 spiro atoms. The number of rotatable bonds is 4. The number of carbonyl (C=O) groups excluding carboxylic acids is 1. The van der Waals surface area contributed by atoms with Crippen LogP contribution < -0.4 is 4.74 Å². The zero-order valence-corrected chi connectivity index (χ0v) is 12.2. The Morgan fingerprint density at radius 3 is 2.00 bits per heavy atom. The molecule has 0 amide bonds. The molecular formula is C18H16O4. The molecule has 3 rings (SSSR count). The van der Waals surface area contributed by atoms with Gasteiger partial charge in [-0.3, -0.25) is 9.59 Å². The van der Waals surface area contributed by atoms with Gasteiger partial charge in [-0.2, -0.15) is 0 Å². The second kappa shape index (κ2) is 5.64. The third kappa shape index (κ3) is 2.26. The first-order valence-corrected chi connectivity index (χ1v) is 7.25. The number of Topliss-reactive ketones (excluding diaryl/α,β-unsaturated/α-hetero) is 1. The fourth-order valence-electron chi connectivity index (χ4n) is 2.92. The summed E-state index contributed by atoms with van der Waals surface area (Å²) >= 11 is 0. The van der Waals surface area contributed by atoms with Gasteiger partial charge in [0.2, 0.25) is 0 Å². The lowest BCUT2D eigenvalue weighted by molar-refractivity contribution is -0.146. The molecule has 4 heteroatoms. The highest BCUT2D eigenvalue weighted by molar-refractivity contribution is 6.04. The van der Waals surface area contributed by atoms with Crippen molar-refractivity contribution in [1.82, 2.24) is 0 Å². The summed E-state index contributed by atoms with van der Waals surface area (Å²) in [6.07, 6.45) is 0.274. The van der Waals surface area contributed by atoms with Crippen molar-refractivity contribution < 1.29 is 19.4 Å². The van der Waals surface area contributed by atoms with Crippen LogP contribution in [0.3, 0.4) is 0 Å². The Bertz CT molecular complexity index is 690. The van der Waals surface area contributed by atoms with E-state index >= 15 is 0 Å². The summed E-state index contributed by atoms with van der Waals surface area (Å²) in [6, 6.07) is 14.6. The smallest absolute Gasteiger partial charge is 0.314 e. The fourth-order valence-corrected chi connectivity index (χ4v) is 2.92. The van der Waals surface area contributed by atoms with Gasteiger partial charge in [0.15, 0.2) is 5.78 Å². The molecule has 0 aliphatic carbocycles. The van der Waals surface area contributed by atoms with Crippen molar-refractivity contribution in [2.45, 2.75) is 19.3 Å². The molecule has 0 saturated heterocycles. The van der Waals surface area contributed by atoms with Crippen LogP contribution in [0.1, 0.15) is 30.4 Å². The zero-order valence-electron chi connectivity index (χ0n) is 12.2. The Balaban J connectivity index is 2.14. The highest BCUT2D eigenvalue weighted by atomic mass is 16.5. The number of hydrogen-bond donors (Lipinski definition) is 1. The Morgan fingerprint density at radius 2 is 1.55 bits per heavy atom. The second-order valence-corrected chi connectivity index (χ2v) is 5.31. The fraction of sp³-hybridized carbons (Fsp3) is 0.222. The number of fused-ring (bicyclic) bond motifs is 2. The van der Waals surface area contributed by atoms with Gasteiger partial charge in [0.25, 0.3) is 0 Å². The standard InChI is InChI=1S/C18H16O4/c1-2-11(18(20)21)17(19)16-12-7-3-5-9-14(12)22-15-10-6-4-8-13(15)16/h3-11,16H,2H2,1H3,(H,20,21). The van der Waals surface area contributed by atoms with E-state index in [0.29, 0.717) is 11.5 Å². The average molecular weight is 296 g/mol. The Labute approximate surface area is 128 Å². The molecule has 22 heavy (non-hydrogen) atoms. The van der Waals surface area contributed by atoms with Gasteiger partial charge in [0.05, 0.1) is 5.92 Å². The minimum Gasteiger partial charge on any atom is -0.481 e. The minimum absolute atomic E-state index is 0.274. The molecule has 0 saturated carbocycles. The second-order valence-electron chi connectivity index (χ2n) is 5.31. The molecular weight excluding hydrogens is 280 g/mol. The van der Waals surface area contributed by atoms with E-state index in [-0.39, 0.29) is 12.2 Å². The van der Waals surface area contributed by atoms with Crippen molar-refractivity contribution in [2.75, 3.05) is 0 Å². The van der Waals surface area contributed by atoms with Crippen molar-refractivity contribution in [3.8, 4) is 11.5 Å². The molecule has 0 aromatic heterocycles. The van der Waals surface area contributed by atoms with Crippen LogP contribution in [0.15, 0.2) is 48.5 Å². The van der Waals surface area contributed by atoms with Crippen molar-refractivity contribution in [1.29, 1.82) is 0 Å². The van der Waals surface area contributed by atoms with Gasteiger partial charge in [0.1, 0.15) is 17.4 Å². The molecule has 0 fully saturated rings. The van der Waals surface area contributed by atoms with E-state index in [1.54, 1.807) is 19.1 Å². The number of para-hydroxylation sites is 2. The molecule has 0 radical (unpaired) electrons. The normalized spacial score (nSPS) is 14.4. The highest BCUT2D eigenvalue weighted by Crippen LogP contribution is 2.45. The van der Waals surface area contributed by atoms with Crippen LogP contribution >= 0.6 is 0 Å². The Hall–Kier alpha value is -2.62. The number of carboxylic acid groups (broad SMARTS) is 1. The molecule has 1 N–H and O–H groups in total. The van der Waals surface area contributed by atoms with E-state index in [0.717, 1.165) is 11.1 Å². The van der Waals surface area contributed by atoms with Crippen molar-refractivity contribution in [2.24, 2.45) is 5.92 Å². The van der Waals surface area contributed by atoms with E-state index in [4.69, 9.17) is 4.74 Å². The van der Waals surface area contributed by atoms with Gasteiger partial charge in [-0.05, 0) is 18.6 Å². The third-order valence-electron chi connectivity index (χ3n) is 4.01. The maximum Gasteiger partial charge on any atom is 0.314 e. The molecule has 1 aliphatic heterocycles. The lowest BCUT2D eigenvalue weighted by atomic mass is 9.79. The summed E-state index contributed by atoms with van der Waals surface area (Å²) in [5.74, 6) is -1.75. The van der Waals surface area contributed by atoms with Crippen molar-refractivity contribution in [3.05, 3.63) is 59.7 Å². The molecule has 1 aliphatic rings. The number of carboxylic acids is 1. The number of ether oxygens (including phenoxy) is 1.